The number of rotatable bonds is 1. The maximum atomic E-state index is 11.8. The fourth-order valence-electron chi connectivity index (χ4n) is 9.17. The molecule has 0 unspecified atom stereocenters. The summed E-state index contributed by atoms with van der Waals surface area (Å²) < 4.78 is 5.80. The smallest absolute Gasteiger partial charge is 0.306 e. The normalized spacial score (nSPS) is 53.5. The molecule has 29 heavy (non-hydrogen) atoms. The fraction of sp³-hybridized carbons (Fsp3) is 0.885. The first kappa shape index (κ1) is 20.1. The Kier molecular flexibility index (Phi) is 4.24. The van der Waals surface area contributed by atoms with Gasteiger partial charge in [-0.1, -0.05) is 46.3 Å². The van der Waals surface area contributed by atoms with Crippen LogP contribution in [0.15, 0.2) is 11.6 Å². The van der Waals surface area contributed by atoms with Gasteiger partial charge in [0.05, 0.1) is 6.10 Å². The molecule has 3 heteroatoms. The van der Waals surface area contributed by atoms with E-state index in [2.05, 4.69) is 40.7 Å². The molecule has 4 aliphatic carbocycles. The minimum atomic E-state index is -0.173. The van der Waals surface area contributed by atoms with Crippen molar-refractivity contribution in [3.8, 4) is 0 Å². The molecule has 0 aromatic heterocycles. The van der Waals surface area contributed by atoms with Crippen molar-refractivity contribution in [2.75, 3.05) is 0 Å². The van der Waals surface area contributed by atoms with Crippen LogP contribution in [0.3, 0.4) is 0 Å². The largest absolute Gasteiger partial charge is 0.462 e. The van der Waals surface area contributed by atoms with Crippen LogP contribution in [0, 0.1) is 39.4 Å². The standard InChI is InChI=1S/C26H40O3/c1-23(2)20-8-6-17-16(24(20,3)13-12-21(23)27)10-14-26(5)18(11-15-25(17,26)4)19-7-9-22(28)29-19/h6,16,18-21,27H,7-15H2,1-5H3/t16-,18+,19+,20-,21+,24+,25-,26+/m0/s1. The summed E-state index contributed by atoms with van der Waals surface area (Å²) in [5.41, 5.74) is 2.48. The number of hydrogen-bond acceptors (Lipinski definition) is 3. The van der Waals surface area contributed by atoms with E-state index in [9.17, 15) is 9.90 Å². The highest BCUT2D eigenvalue weighted by molar-refractivity contribution is 5.71. The molecule has 0 amide bonds. The molecule has 3 saturated carbocycles. The Hall–Kier alpha value is -0.830. The van der Waals surface area contributed by atoms with Crippen LogP contribution >= 0.6 is 0 Å². The molecule has 1 aliphatic heterocycles. The maximum absolute atomic E-state index is 11.8. The quantitative estimate of drug-likeness (QED) is 0.456. The van der Waals surface area contributed by atoms with E-state index in [4.69, 9.17) is 4.74 Å². The molecular formula is C26H40O3. The van der Waals surface area contributed by atoms with Crippen LogP contribution in [0.5, 0.6) is 0 Å². The van der Waals surface area contributed by atoms with Crippen molar-refractivity contribution >= 4 is 5.97 Å². The molecule has 1 heterocycles. The van der Waals surface area contributed by atoms with E-state index < -0.39 is 0 Å². The van der Waals surface area contributed by atoms with Crippen molar-refractivity contribution in [1.29, 1.82) is 0 Å². The zero-order chi connectivity index (χ0) is 20.8. The second kappa shape index (κ2) is 6.11. The van der Waals surface area contributed by atoms with E-state index in [0.29, 0.717) is 29.6 Å². The molecule has 8 atom stereocenters. The van der Waals surface area contributed by atoms with E-state index in [0.717, 1.165) is 25.7 Å². The van der Waals surface area contributed by atoms with Crippen LogP contribution in [0.25, 0.3) is 0 Å². The van der Waals surface area contributed by atoms with Gasteiger partial charge in [0.25, 0.3) is 0 Å². The van der Waals surface area contributed by atoms with E-state index >= 15 is 0 Å². The van der Waals surface area contributed by atoms with Crippen LogP contribution in [-0.4, -0.2) is 23.3 Å². The van der Waals surface area contributed by atoms with Gasteiger partial charge in [0.15, 0.2) is 0 Å². The van der Waals surface area contributed by atoms with Crippen LogP contribution < -0.4 is 0 Å². The zero-order valence-electron chi connectivity index (χ0n) is 19.1. The Bertz CT molecular complexity index is 753. The highest BCUT2D eigenvalue weighted by Crippen LogP contribution is 2.73. The Morgan fingerprint density at radius 3 is 2.45 bits per heavy atom. The Balaban J connectivity index is 1.51. The number of esters is 1. The average molecular weight is 401 g/mol. The highest BCUT2D eigenvalue weighted by Gasteiger charge is 2.66. The predicted octanol–water partition coefficient (Wildman–Crippen LogP) is 5.66. The molecular weight excluding hydrogens is 360 g/mol. The van der Waals surface area contributed by atoms with Crippen molar-refractivity contribution in [2.45, 2.75) is 105 Å². The van der Waals surface area contributed by atoms with Gasteiger partial charge in [-0.05, 0) is 84.9 Å². The highest BCUT2D eigenvalue weighted by atomic mass is 16.5. The Labute approximate surface area is 176 Å². The van der Waals surface area contributed by atoms with Gasteiger partial charge in [-0.25, -0.2) is 0 Å². The molecule has 0 spiro atoms. The van der Waals surface area contributed by atoms with Crippen LogP contribution in [0.4, 0.5) is 0 Å². The van der Waals surface area contributed by atoms with Gasteiger partial charge in [-0.3, -0.25) is 4.79 Å². The fourth-order valence-corrected chi connectivity index (χ4v) is 9.17. The van der Waals surface area contributed by atoms with Crippen LogP contribution in [-0.2, 0) is 9.53 Å². The van der Waals surface area contributed by atoms with E-state index in [1.165, 1.54) is 25.7 Å². The first-order valence-corrected chi connectivity index (χ1v) is 12.1. The first-order valence-electron chi connectivity index (χ1n) is 12.1. The molecule has 0 aromatic carbocycles. The monoisotopic (exact) mass is 400 g/mol. The molecule has 1 N–H and O–H groups in total. The van der Waals surface area contributed by atoms with Crippen LogP contribution in [0.2, 0.25) is 0 Å². The summed E-state index contributed by atoms with van der Waals surface area (Å²) in [4.78, 5) is 11.8. The molecule has 1 saturated heterocycles. The number of ether oxygens (including phenoxy) is 1. The molecule has 162 valence electrons. The summed E-state index contributed by atoms with van der Waals surface area (Å²) in [5.74, 6) is 1.73. The lowest BCUT2D eigenvalue weighted by Gasteiger charge is -2.64. The third-order valence-electron chi connectivity index (χ3n) is 11.2. The third-order valence-corrected chi connectivity index (χ3v) is 11.2. The minimum Gasteiger partial charge on any atom is -0.462 e. The average Bonchev–Trinajstić information content (AvgIpc) is 3.19. The topological polar surface area (TPSA) is 46.5 Å². The summed E-state index contributed by atoms with van der Waals surface area (Å²) >= 11 is 0. The van der Waals surface area contributed by atoms with E-state index in [1.54, 1.807) is 5.57 Å². The van der Waals surface area contributed by atoms with Crippen molar-refractivity contribution < 1.29 is 14.6 Å². The molecule has 0 aromatic rings. The number of aliphatic hydroxyl groups is 1. The number of hydrogen-bond donors (Lipinski definition) is 1. The van der Waals surface area contributed by atoms with Gasteiger partial charge in [-0.2, -0.15) is 0 Å². The van der Waals surface area contributed by atoms with Gasteiger partial charge < -0.3 is 9.84 Å². The van der Waals surface area contributed by atoms with Gasteiger partial charge >= 0.3 is 5.97 Å². The molecule has 5 aliphatic rings. The zero-order valence-corrected chi connectivity index (χ0v) is 19.1. The first-order chi connectivity index (χ1) is 13.5. The second-order valence-electron chi connectivity index (χ2n) is 12.4. The SMILES string of the molecule is CC1(C)[C@H](O)CC[C@]2(C)[C@H]3CC[C@]4(C)[C@@H]([C@H]5CCC(=O)O5)CC[C@@]4(C)C3=CC[C@@H]12. The number of allylic oxidation sites excluding steroid dienone is 2. The summed E-state index contributed by atoms with van der Waals surface area (Å²) in [5, 5.41) is 10.7. The molecule has 3 nitrogen and oxygen atoms in total. The second-order valence-corrected chi connectivity index (χ2v) is 12.4. The lowest BCUT2D eigenvalue weighted by molar-refractivity contribution is -0.148. The maximum Gasteiger partial charge on any atom is 0.306 e. The summed E-state index contributed by atoms with van der Waals surface area (Å²) in [6.45, 7) is 12.2. The number of fused-ring (bicyclic) bond motifs is 5. The molecule has 4 fully saturated rings. The van der Waals surface area contributed by atoms with Crippen molar-refractivity contribution in [1.82, 2.24) is 0 Å². The van der Waals surface area contributed by atoms with Crippen molar-refractivity contribution in [3.05, 3.63) is 11.6 Å². The Morgan fingerprint density at radius 2 is 1.76 bits per heavy atom. The number of aliphatic hydroxyl groups excluding tert-OH is 1. The molecule has 0 bridgehead atoms. The van der Waals surface area contributed by atoms with Gasteiger partial charge in [0.2, 0.25) is 0 Å². The minimum absolute atomic E-state index is 0.00700. The molecule has 5 rings (SSSR count). The van der Waals surface area contributed by atoms with Crippen molar-refractivity contribution in [3.63, 3.8) is 0 Å². The van der Waals surface area contributed by atoms with Crippen molar-refractivity contribution in [2.24, 2.45) is 39.4 Å². The lowest BCUT2D eigenvalue weighted by atomic mass is 9.41. The third kappa shape index (κ3) is 2.43. The van der Waals surface area contributed by atoms with Crippen LogP contribution in [0.1, 0.15) is 92.4 Å². The lowest BCUT2D eigenvalue weighted by Crippen LogP contribution is -2.58. The van der Waals surface area contributed by atoms with Gasteiger partial charge in [0, 0.05) is 12.3 Å². The van der Waals surface area contributed by atoms with Gasteiger partial charge in [-0.15, -0.1) is 0 Å². The summed E-state index contributed by atoms with van der Waals surface area (Å²) in [7, 11) is 0. The summed E-state index contributed by atoms with van der Waals surface area (Å²) in [6.07, 6.45) is 12.2. The summed E-state index contributed by atoms with van der Waals surface area (Å²) in [6, 6.07) is 0. The molecule has 0 radical (unpaired) electrons. The van der Waals surface area contributed by atoms with E-state index in [-0.39, 0.29) is 34.4 Å². The predicted molar refractivity (Wildman–Crippen MR) is 114 cm³/mol. The number of carbonyl (C=O) groups excluding carboxylic acids is 1. The number of cyclic esters (lactones) is 1. The van der Waals surface area contributed by atoms with E-state index in [1.807, 2.05) is 0 Å². The Morgan fingerprint density at radius 1 is 1.00 bits per heavy atom. The van der Waals surface area contributed by atoms with Gasteiger partial charge in [0.1, 0.15) is 6.10 Å². The number of carbonyl (C=O) groups is 1.